The van der Waals surface area contributed by atoms with Gasteiger partial charge in [-0.25, -0.2) is 4.99 Å². The Morgan fingerprint density at radius 2 is 1.70 bits per heavy atom. The highest BCUT2D eigenvalue weighted by molar-refractivity contribution is 5.98. The summed E-state index contributed by atoms with van der Waals surface area (Å²) in [6, 6.07) is 19.9. The van der Waals surface area contributed by atoms with Crippen molar-refractivity contribution in [1.82, 2.24) is 4.90 Å². The third-order valence-electron chi connectivity index (χ3n) is 5.21. The van der Waals surface area contributed by atoms with Gasteiger partial charge in [-0.2, -0.15) is 0 Å². The fourth-order valence-corrected chi connectivity index (χ4v) is 3.77. The van der Waals surface area contributed by atoms with Crippen molar-refractivity contribution in [3.63, 3.8) is 0 Å². The SMILES string of the molecule is CCOC1=N[C@](C)(Cc2ccccc2)C(=O)N([C@@H](C)c2ccccc2)[C@@H]1C. The van der Waals surface area contributed by atoms with Crippen LogP contribution >= 0.6 is 0 Å². The van der Waals surface area contributed by atoms with Gasteiger partial charge < -0.3 is 9.64 Å². The molecule has 4 heteroatoms. The molecule has 142 valence electrons. The van der Waals surface area contributed by atoms with Crippen molar-refractivity contribution >= 4 is 11.8 Å². The first-order valence-electron chi connectivity index (χ1n) is 9.60. The smallest absolute Gasteiger partial charge is 0.251 e. The molecule has 0 saturated heterocycles. The van der Waals surface area contributed by atoms with E-state index in [0.29, 0.717) is 18.9 Å². The van der Waals surface area contributed by atoms with Crippen LogP contribution < -0.4 is 0 Å². The molecule has 0 aliphatic carbocycles. The van der Waals surface area contributed by atoms with Gasteiger partial charge in [-0.15, -0.1) is 0 Å². The summed E-state index contributed by atoms with van der Waals surface area (Å²) >= 11 is 0. The van der Waals surface area contributed by atoms with E-state index in [1.807, 2.05) is 74.2 Å². The number of hydrogen-bond acceptors (Lipinski definition) is 3. The number of ether oxygens (including phenoxy) is 1. The van der Waals surface area contributed by atoms with E-state index in [1.165, 1.54) is 0 Å². The number of aliphatic imine (C=N–C) groups is 1. The summed E-state index contributed by atoms with van der Waals surface area (Å²) in [6.45, 7) is 8.46. The van der Waals surface area contributed by atoms with Crippen molar-refractivity contribution < 1.29 is 9.53 Å². The van der Waals surface area contributed by atoms with Gasteiger partial charge in [-0.1, -0.05) is 60.7 Å². The number of carbonyl (C=O) groups excluding carboxylic acids is 1. The Balaban J connectivity index is 2.00. The van der Waals surface area contributed by atoms with Gasteiger partial charge in [-0.05, 0) is 38.8 Å². The molecule has 3 atom stereocenters. The molecule has 0 saturated carbocycles. The maximum atomic E-state index is 13.6. The fraction of sp³-hybridized carbons (Fsp3) is 0.391. The van der Waals surface area contributed by atoms with Crippen molar-refractivity contribution in [2.45, 2.75) is 51.7 Å². The van der Waals surface area contributed by atoms with Crippen LogP contribution in [0.3, 0.4) is 0 Å². The maximum Gasteiger partial charge on any atom is 0.251 e. The van der Waals surface area contributed by atoms with E-state index in [9.17, 15) is 4.79 Å². The summed E-state index contributed by atoms with van der Waals surface area (Å²) in [5.74, 6) is 0.678. The van der Waals surface area contributed by atoms with Gasteiger partial charge in [0.2, 0.25) is 5.90 Å². The van der Waals surface area contributed by atoms with E-state index >= 15 is 0 Å². The minimum atomic E-state index is -0.874. The molecule has 2 aromatic rings. The molecule has 1 aliphatic heterocycles. The van der Waals surface area contributed by atoms with Crippen molar-refractivity contribution in [2.24, 2.45) is 4.99 Å². The van der Waals surface area contributed by atoms with Gasteiger partial charge >= 0.3 is 0 Å². The molecule has 0 aromatic heterocycles. The van der Waals surface area contributed by atoms with E-state index in [4.69, 9.17) is 9.73 Å². The molecular weight excluding hydrogens is 336 g/mol. The van der Waals surface area contributed by atoms with Crippen molar-refractivity contribution in [2.75, 3.05) is 6.61 Å². The van der Waals surface area contributed by atoms with E-state index in [0.717, 1.165) is 11.1 Å². The Morgan fingerprint density at radius 3 is 2.30 bits per heavy atom. The molecule has 0 unspecified atom stereocenters. The Labute approximate surface area is 161 Å². The number of rotatable bonds is 5. The van der Waals surface area contributed by atoms with Crippen LogP contribution in [0, 0.1) is 0 Å². The van der Waals surface area contributed by atoms with Gasteiger partial charge in [-0.3, -0.25) is 4.79 Å². The summed E-state index contributed by atoms with van der Waals surface area (Å²) < 4.78 is 5.85. The zero-order valence-electron chi connectivity index (χ0n) is 16.6. The topological polar surface area (TPSA) is 41.9 Å². The van der Waals surface area contributed by atoms with Crippen LogP contribution in [-0.2, 0) is 16.0 Å². The van der Waals surface area contributed by atoms with Crippen LogP contribution in [0.2, 0.25) is 0 Å². The van der Waals surface area contributed by atoms with Gasteiger partial charge in [0, 0.05) is 6.42 Å². The standard InChI is InChI=1S/C23H28N2O2/c1-5-27-21-18(3)25(17(2)20-14-10-7-11-15-20)22(26)23(4,24-21)16-19-12-8-6-9-13-19/h6-15,17-18H,5,16H2,1-4H3/t17-,18+,23+/m0/s1. The molecule has 0 fully saturated rings. The second-order valence-electron chi connectivity index (χ2n) is 7.29. The summed E-state index contributed by atoms with van der Waals surface area (Å²) in [5.41, 5.74) is 1.33. The average Bonchev–Trinajstić information content (AvgIpc) is 2.68. The third-order valence-corrected chi connectivity index (χ3v) is 5.21. The second kappa shape index (κ2) is 7.95. The highest BCUT2D eigenvalue weighted by Gasteiger charge is 2.46. The summed E-state index contributed by atoms with van der Waals surface area (Å²) in [4.78, 5) is 20.3. The van der Waals surface area contributed by atoms with Crippen molar-refractivity contribution in [3.8, 4) is 0 Å². The zero-order valence-corrected chi connectivity index (χ0v) is 16.6. The number of hydrogen-bond donors (Lipinski definition) is 0. The molecule has 0 spiro atoms. The average molecular weight is 364 g/mol. The van der Waals surface area contributed by atoms with Gasteiger partial charge in [0.15, 0.2) is 0 Å². The van der Waals surface area contributed by atoms with E-state index in [-0.39, 0.29) is 18.0 Å². The highest BCUT2D eigenvalue weighted by Crippen LogP contribution is 2.33. The lowest BCUT2D eigenvalue weighted by molar-refractivity contribution is -0.141. The molecule has 0 N–H and O–H groups in total. The Hall–Kier alpha value is -2.62. The molecule has 0 radical (unpaired) electrons. The van der Waals surface area contributed by atoms with E-state index in [1.54, 1.807) is 0 Å². The maximum absolute atomic E-state index is 13.6. The van der Waals surface area contributed by atoms with Crippen LogP contribution in [0.1, 0.15) is 44.9 Å². The first kappa shape index (κ1) is 19.2. The van der Waals surface area contributed by atoms with Gasteiger partial charge in [0.1, 0.15) is 11.6 Å². The summed E-state index contributed by atoms with van der Waals surface area (Å²) in [7, 11) is 0. The van der Waals surface area contributed by atoms with E-state index in [2.05, 4.69) is 19.1 Å². The van der Waals surface area contributed by atoms with Crippen LogP contribution in [0.25, 0.3) is 0 Å². The molecule has 1 amide bonds. The lowest BCUT2D eigenvalue weighted by atomic mass is 9.88. The molecule has 2 aromatic carbocycles. The highest BCUT2D eigenvalue weighted by atomic mass is 16.5. The predicted octanol–water partition coefficient (Wildman–Crippen LogP) is 4.41. The zero-order chi connectivity index (χ0) is 19.4. The minimum Gasteiger partial charge on any atom is -0.480 e. The lowest BCUT2D eigenvalue weighted by Gasteiger charge is -2.44. The largest absolute Gasteiger partial charge is 0.480 e. The number of amides is 1. The number of carbonyl (C=O) groups is 1. The quantitative estimate of drug-likeness (QED) is 0.788. The van der Waals surface area contributed by atoms with Crippen molar-refractivity contribution in [3.05, 3.63) is 71.8 Å². The molecule has 3 rings (SSSR count). The summed E-state index contributed by atoms with van der Waals surface area (Å²) in [6.07, 6.45) is 0.550. The van der Waals surface area contributed by atoms with E-state index < -0.39 is 5.54 Å². The van der Waals surface area contributed by atoms with Crippen LogP contribution in [0.15, 0.2) is 65.7 Å². The van der Waals surface area contributed by atoms with Gasteiger partial charge in [0.05, 0.1) is 12.6 Å². The monoisotopic (exact) mass is 364 g/mol. The lowest BCUT2D eigenvalue weighted by Crippen LogP contribution is -2.58. The van der Waals surface area contributed by atoms with Gasteiger partial charge in [0.25, 0.3) is 5.91 Å². The molecule has 1 aliphatic rings. The Bertz CT molecular complexity index is 804. The van der Waals surface area contributed by atoms with Crippen LogP contribution in [-0.4, -0.2) is 34.9 Å². The molecule has 27 heavy (non-hydrogen) atoms. The van der Waals surface area contributed by atoms with Crippen molar-refractivity contribution in [1.29, 1.82) is 0 Å². The third kappa shape index (κ3) is 3.90. The molecule has 1 heterocycles. The Morgan fingerprint density at radius 1 is 1.11 bits per heavy atom. The molecular formula is C23H28N2O2. The minimum absolute atomic E-state index is 0.0404. The Kier molecular flexibility index (Phi) is 5.64. The molecule has 0 bridgehead atoms. The second-order valence-corrected chi connectivity index (χ2v) is 7.29. The summed E-state index contributed by atoms with van der Waals surface area (Å²) in [5, 5.41) is 0. The molecule has 4 nitrogen and oxygen atoms in total. The first-order chi connectivity index (χ1) is 13.0. The predicted molar refractivity (Wildman–Crippen MR) is 109 cm³/mol. The van der Waals surface area contributed by atoms with Crippen LogP contribution in [0.4, 0.5) is 0 Å². The number of nitrogens with zero attached hydrogens (tertiary/aromatic N) is 2. The number of benzene rings is 2. The normalized spacial score (nSPS) is 23.7. The first-order valence-corrected chi connectivity index (χ1v) is 9.60. The fourth-order valence-electron chi connectivity index (χ4n) is 3.77. The van der Waals surface area contributed by atoms with Crippen LogP contribution in [0.5, 0.6) is 0 Å².